The van der Waals surface area contributed by atoms with Gasteiger partial charge in [-0.25, -0.2) is 12.7 Å². The molecule has 1 N–H and O–H groups in total. The van der Waals surface area contributed by atoms with Crippen LogP contribution in [-0.2, 0) is 14.8 Å². The Kier molecular flexibility index (Phi) is 3.75. The molecular weight excluding hydrogens is 252 g/mol. The van der Waals surface area contributed by atoms with E-state index in [1.54, 1.807) is 14.1 Å². The van der Waals surface area contributed by atoms with Crippen LogP contribution in [-0.4, -0.2) is 57.9 Å². The Bertz CT molecular complexity index is 406. The van der Waals surface area contributed by atoms with E-state index in [0.717, 1.165) is 13.0 Å². The van der Waals surface area contributed by atoms with Crippen LogP contribution in [0.1, 0.15) is 20.3 Å². The first kappa shape index (κ1) is 14.2. The van der Waals surface area contributed by atoms with Crippen LogP contribution in [0.4, 0.5) is 0 Å². The smallest absolute Gasteiger partial charge is 0.214 e. The Labute approximate surface area is 110 Å². The number of nitrogens with zero attached hydrogens (tertiary/aromatic N) is 1. The molecule has 0 radical (unpaired) electrons. The van der Waals surface area contributed by atoms with Gasteiger partial charge in [0.25, 0.3) is 0 Å². The van der Waals surface area contributed by atoms with Crippen LogP contribution < -0.4 is 5.32 Å². The van der Waals surface area contributed by atoms with Crippen molar-refractivity contribution >= 4 is 10.0 Å². The summed E-state index contributed by atoms with van der Waals surface area (Å²) in [6, 6.07) is 0.377. The van der Waals surface area contributed by atoms with Crippen LogP contribution in [0.2, 0.25) is 0 Å². The molecule has 2 fully saturated rings. The van der Waals surface area contributed by atoms with Crippen LogP contribution in [0.25, 0.3) is 0 Å². The number of hydrogen-bond acceptors (Lipinski definition) is 4. The lowest BCUT2D eigenvalue weighted by atomic mass is 9.57. The van der Waals surface area contributed by atoms with Gasteiger partial charge in [-0.1, -0.05) is 13.8 Å². The van der Waals surface area contributed by atoms with Crippen LogP contribution >= 0.6 is 0 Å². The number of nitrogens with one attached hydrogen (secondary N) is 1. The zero-order valence-corrected chi connectivity index (χ0v) is 12.5. The summed E-state index contributed by atoms with van der Waals surface area (Å²) in [7, 11) is 0.0480. The molecule has 0 aromatic rings. The molecule has 0 bridgehead atoms. The van der Waals surface area contributed by atoms with E-state index < -0.39 is 10.0 Å². The van der Waals surface area contributed by atoms with Gasteiger partial charge in [0, 0.05) is 44.6 Å². The maximum absolute atomic E-state index is 11.7. The number of rotatable bonds is 5. The van der Waals surface area contributed by atoms with Crippen molar-refractivity contribution in [2.45, 2.75) is 32.4 Å². The molecule has 3 atom stereocenters. The number of ether oxygens (including phenoxy) is 1. The summed E-state index contributed by atoms with van der Waals surface area (Å²) in [6.07, 6.45) is 1.44. The van der Waals surface area contributed by atoms with Gasteiger partial charge in [0.2, 0.25) is 10.0 Å². The molecule has 5 nitrogen and oxygen atoms in total. The van der Waals surface area contributed by atoms with Crippen LogP contribution in [0, 0.1) is 11.3 Å². The van der Waals surface area contributed by atoms with Crippen molar-refractivity contribution in [3.63, 3.8) is 0 Å². The third kappa shape index (κ3) is 2.31. The third-order valence-electron chi connectivity index (χ3n) is 4.38. The van der Waals surface area contributed by atoms with Crippen LogP contribution in [0.15, 0.2) is 0 Å². The first-order valence-corrected chi connectivity index (χ1v) is 8.13. The molecule has 1 aliphatic heterocycles. The Balaban J connectivity index is 1.85. The second-order valence-corrected chi connectivity index (χ2v) is 8.40. The molecule has 2 aliphatic rings. The van der Waals surface area contributed by atoms with Crippen molar-refractivity contribution in [2.24, 2.45) is 11.3 Å². The van der Waals surface area contributed by atoms with Crippen LogP contribution in [0.5, 0.6) is 0 Å². The van der Waals surface area contributed by atoms with Gasteiger partial charge < -0.3 is 10.1 Å². The van der Waals surface area contributed by atoms with Crippen molar-refractivity contribution in [3.8, 4) is 0 Å². The van der Waals surface area contributed by atoms with Gasteiger partial charge in [0.1, 0.15) is 0 Å². The molecular formula is C12H24N2O3S. The van der Waals surface area contributed by atoms with Crippen molar-refractivity contribution in [1.82, 2.24) is 9.62 Å². The SMILES string of the molecule is CN(C)S(=O)(=O)CCNC1C2CCOC2C1(C)C. The van der Waals surface area contributed by atoms with E-state index in [1.165, 1.54) is 4.31 Å². The van der Waals surface area contributed by atoms with Gasteiger partial charge in [-0.05, 0) is 6.42 Å². The van der Waals surface area contributed by atoms with Crippen molar-refractivity contribution in [2.75, 3.05) is 33.0 Å². The summed E-state index contributed by atoms with van der Waals surface area (Å²) in [5.74, 6) is 0.715. The molecule has 106 valence electrons. The highest BCUT2D eigenvalue weighted by atomic mass is 32.2. The maximum Gasteiger partial charge on any atom is 0.214 e. The fourth-order valence-corrected chi connectivity index (χ4v) is 4.01. The molecule has 6 heteroatoms. The maximum atomic E-state index is 11.7. The van der Waals surface area contributed by atoms with E-state index in [0.29, 0.717) is 24.6 Å². The summed E-state index contributed by atoms with van der Waals surface area (Å²) in [6.45, 7) is 5.74. The largest absolute Gasteiger partial charge is 0.377 e. The van der Waals surface area contributed by atoms with Gasteiger partial charge >= 0.3 is 0 Å². The first-order chi connectivity index (χ1) is 8.27. The molecule has 0 aromatic heterocycles. The van der Waals surface area contributed by atoms with Gasteiger partial charge in [-0.3, -0.25) is 0 Å². The van der Waals surface area contributed by atoms with E-state index in [2.05, 4.69) is 19.2 Å². The monoisotopic (exact) mass is 276 g/mol. The van der Waals surface area contributed by atoms with Gasteiger partial charge in [-0.2, -0.15) is 0 Å². The summed E-state index contributed by atoms with van der Waals surface area (Å²) in [4.78, 5) is 0. The molecule has 3 unspecified atom stereocenters. The molecule has 18 heavy (non-hydrogen) atoms. The first-order valence-electron chi connectivity index (χ1n) is 6.52. The zero-order valence-electron chi connectivity index (χ0n) is 11.6. The quantitative estimate of drug-likeness (QED) is 0.783. The molecule has 1 aliphatic carbocycles. The molecule has 1 saturated carbocycles. The van der Waals surface area contributed by atoms with E-state index in [9.17, 15) is 8.42 Å². The summed E-state index contributed by atoms with van der Waals surface area (Å²) >= 11 is 0. The fraction of sp³-hybridized carbons (Fsp3) is 1.00. The standard InChI is InChI=1S/C12H24N2O3S/c1-12(2)10(9-5-7-17-11(9)12)13-6-8-18(15,16)14(3)4/h9-11,13H,5-8H2,1-4H3. The van der Waals surface area contributed by atoms with Gasteiger partial charge in [0.05, 0.1) is 11.9 Å². The summed E-state index contributed by atoms with van der Waals surface area (Å²) < 4.78 is 30.3. The Morgan fingerprint density at radius 2 is 2.06 bits per heavy atom. The normalized spacial score (nSPS) is 34.4. The topological polar surface area (TPSA) is 58.6 Å². The molecule has 0 spiro atoms. The van der Waals surface area contributed by atoms with Crippen molar-refractivity contribution in [3.05, 3.63) is 0 Å². The lowest BCUT2D eigenvalue weighted by Crippen LogP contribution is -2.66. The van der Waals surface area contributed by atoms with E-state index in [-0.39, 0.29) is 11.2 Å². The molecule has 1 heterocycles. The third-order valence-corrected chi connectivity index (χ3v) is 6.21. The predicted octanol–water partition coefficient (Wildman–Crippen LogP) is 0.281. The lowest BCUT2D eigenvalue weighted by molar-refractivity contribution is -0.111. The highest BCUT2D eigenvalue weighted by molar-refractivity contribution is 7.89. The van der Waals surface area contributed by atoms with Crippen LogP contribution in [0.3, 0.4) is 0 Å². The molecule has 0 aromatic carbocycles. The van der Waals surface area contributed by atoms with Gasteiger partial charge in [0.15, 0.2) is 0 Å². The average Bonchev–Trinajstić information content (AvgIpc) is 2.70. The average molecular weight is 276 g/mol. The minimum atomic E-state index is -3.10. The Morgan fingerprint density at radius 3 is 2.67 bits per heavy atom. The van der Waals surface area contributed by atoms with Gasteiger partial charge in [-0.15, -0.1) is 0 Å². The fourth-order valence-electron chi connectivity index (χ4n) is 3.26. The summed E-state index contributed by atoms with van der Waals surface area (Å²) in [5.41, 5.74) is 0.114. The number of fused-ring (bicyclic) bond motifs is 1. The second kappa shape index (κ2) is 4.74. The zero-order chi connectivity index (χ0) is 13.6. The summed E-state index contributed by atoms with van der Waals surface area (Å²) in [5, 5.41) is 3.41. The number of hydrogen-bond donors (Lipinski definition) is 1. The van der Waals surface area contributed by atoms with E-state index in [4.69, 9.17) is 4.74 Å². The van der Waals surface area contributed by atoms with E-state index in [1.807, 2.05) is 0 Å². The van der Waals surface area contributed by atoms with Crippen molar-refractivity contribution < 1.29 is 13.2 Å². The highest BCUT2D eigenvalue weighted by Gasteiger charge is 2.58. The Hall–Kier alpha value is -0.170. The predicted molar refractivity (Wildman–Crippen MR) is 70.9 cm³/mol. The highest BCUT2D eigenvalue weighted by Crippen LogP contribution is 2.51. The number of sulfonamides is 1. The minimum Gasteiger partial charge on any atom is -0.377 e. The lowest BCUT2D eigenvalue weighted by Gasteiger charge is -2.55. The Morgan fingerprint density at radius 1 is 1.39 bits per heavy atom. The molecule has 2 rings (SSSR count). The minimum absolute atomic E-state index is 0.114. The molecule has 0 amide bonds. The van der Waals surface area contributed by atoms with E-state index >= 15 is 0 Å². The molecule has 1 saturated heterocycles. The second-order valence-electron chi connectivity index (χ2n) is 6.10. The van der Waals surface area contributed by atoms with Crippen molar-refractivity contribution in [1.29, 1.82) is 0 Å².